The van der Waals surface area contributed by atoms with Gasteiger partial charge in [-0.2, -0.15) is 0 Å². The molecule has 2 aromatic carbocycles. The van der Waals surface area contributed by atoms with Crippen molar-refractivity contribution in [2.75, 3.05) is 11.1 Å². The van der Waals surface area contributed by atoms with Gasteiger partial charge in [-0.25, -0.2) is 8.42 Å². The largest absolute Gasteiger partial charge is 0.350 e. The summed E-state index contributed by atoms with van der Waals surface area (Å²) in [4.78, 5) is 24.9. The Bertz CT molecular complexity index is 1030. The van der Waals surface area contributed by atoms with Crippen molar-refractivity contribution >= 4 is 27.3 Å². The number of hydrogen-bond donors (Lipinski definition) is 2. The highest BCUT2D eigenvalue weighted by Gasteiger charge is 2.20. The number of fused-ring (bicyclic) bond motifs is 1. The number of nitrogens with one attached hydrogen (secondary N) is 2. The second-order valence-corrected chi connectivity index (χ2v) is 9.68. The molecular weight excluding hydrogens is 388 g/mol. The minimum Gasteiger partial charge on any atom is -0.350 e. The van der Waals surface area contributed by atoms with Crippen LogP contribution in [0.3, 0.4) is 0 Å². The molecule has 6 nitrogen and oxygen atoms in total. The van der Waals surface area contributed by atoms with E-state index < -0.39 is 15.7 Å². The van der Waals surface area contributed by atoms with Crippen molar-refractivity contribution in [3.63, 3.8) is 0 Å². The Kier molecular flexibility index (Phi) is 6.37. The van der Waals surface area contributed by atoms with E-state index in [2.05, 4.69) is 10.6 Å². The molecule has 1 aliphatic carbocycles. The van der Waals surface area contributed by atoms with Crippen molar-refractivity contribution in [1.29, 1.82) is 0 Å². The molecule has 0 fully saturated rings. The summed E-state index contributed by atoms with van der Waals surface area (Å²) in [5, 5.41) is 5.45. The highest BCUT2D eigenvalue weighted by atomic mass is 32.2. The molecular formula is C22H26N2O4S. The van der Waals surface area contributed by atoms with Gasteiger partial charge in [-0.15, -0.1) is 0 Å². The van der Waals surface area contributed by atoms with Gasteiger partial charge in [-0.05, 0) is 68.5 Å². The molecule has 154 valence electrons. The Balaban J connectivity index is 1.65. The Morgan fingerprint density at radius 2 is 1.76 bits per heavy atom. The van der Waals surface area contributed by atoms with E-state index in [1.165, 1.54) is 5.56 Å². The van der Waals surface area contributed by atoms with Crippen LogP contribution in [0.5, 0.6) is 0 Å². The number of aryl methyl sites for hydroxylation is 2. The van der Waals surface area contributed by atoms with Crippen molar-refractivity contribution in [2.24, 2.45) is 0 Å². The summed E-state index contributed by atoms with van der Waals surface area (Å²) >= 11 is 0. The summed E-state index contributed by atoms with van der Waals surface area (Å²) < 4.78 is 25.3. The molecule has 1 aliphatic rings. The maximum absolute atomic E-state index is 12.6. The normalized spacial score (nSPS) is 13.2. The van der Waals surface area contributed by atoms with Gasteiger partial charge in [-0.3, -0.25) is 9.59 Å². The average Bonchev–Trinajstić information content (AvgIpc) is 3.14. The number of anilines is 1. The van der Waals surface area contributed by atoms with Crippen LogP contribution in [0.1, 0.15) is 48.2 Å². The van der Waals surface area contributed by atoms with E-state index in [9.17, 15) is 18.0 Å². The number of sulfone groups is 1. The zero-order chi connectivity index (χ0) is 21.0. The van der Waals surface area contributed by atoms with Crippen molar-refractivity contribution in [2.45, 2.75) is 50.5 Å². The number of carbonyl (C=O) groups is 2. The standard InChI is InChI=1S/C22H26N2O4S/c1-15(2)23-22(26)19-8-3-4-9-20(19)24-21(25)12-13-29(27,28)18-11-10-16-6-5-7-17(16)14-18/h3-4,8-11,14-15H,5-7,12-13H2,1-2H3,(H,23,26)(H,24,25). The van der Waals surface area contributed by atoms with Crippen molar-refractivity contribution in [3.05, 3.63) is 59.2 Å². The second-order valence-electron chi connectivity index (χ2n) is 7.57. The van der Waals surface area contributed by atoms with Crippen molar-refractivity contribution < 1.29 is 18.0 Å². The highest BCUT2D eigenvalue weighted by Crippen LogP contribution is 2.25. The number of carbonyl (C=O) groups excluding carboxylic acids is 2. The van der Waals surface area contributed by atoms with Gasteiger partial charge in [0.05, 0.1) is 21.9 Å². The lowest BCUT2D eigenvalue weighted by molar-refractivity contribution is -0.115. The summed E-state index contributed by atoms with van der Waals surface area (Å²) in [5.41, 5.74) is 3.00. The minimum atomic E-state index is -3.55. The molecule has 0 aromatic heterocycles. The molecule has 29 heavy (non-hydrogen) atoms. The van der Waals surface area contributed by atoms with Crippen molar-refractivity contribution in [3.8, 4) is 0 Å². The molecule has 0 bridgehead atoms. The van der Waals surface area contributed by atoms with Crippen molar-refractivity contribution in [1.82, 2.24) is 5.32 Å². The number of amides is 2. The fraction of sp³-hybridized carbons (Fsp3) is 0.364. The highest BCUT2D eigenvalue weighted by molar-refractivity contribution is 7.91. The SMILES string of the molecule is CC(C)NC(=O)c1ccccc1NC(=O)CCS(=O)(=O)c1ccc2c(c1)CCC2. The zero-order valence-electron chi connectivity index (χ0n) is 16.7. The first-order chi connectivity index (χ1) is 13.8. The Hall–Kier alpha value is -2.67. The van der Waals surface area contributed by atoms with Crippen LogP contribution in [-0.2, 0) is 27.5 Å². The molecule has 2 amide bonds. The predicted octanol–water partition coefficient (Wildman–Crippen LogP) is 3.12. The lowest BCUT2D eigenvalue weighted by Crippen LogP contribution is -2.31. The van der Waals surface area contributed by atoms with E-state index in [0.29, 0.717) is 11.3 Å². The van der Waals surface area contributed by atoms with E-state index >= 15 is 0 Å². The van der Waals surface area contributed by atoms with E-state index in [1.807, 2.05) is 19.9 Å². The van der Waals surface area contributed by atoms with Crippen LogP contribution < -0.4 is 10.6 Å². The molecule has 2 aromatic rings. The van der Waals surface area contributed by atoms with Gasteiger partial charge in [0.1, 0.15) is 0 Å². The number of benzene rings is 2. The van der Waals surface area contributed by atoms with Crippen LogP contribution in [0.2, 0.25) is 0 Å². The van der Waals surface area contributed by atoms with Crippen LogP contribution >= 0.6 is 0 Å². The van der Waals surface area contributed by atoms with Crippen LogP contribution in [0.4, 0.5) is 5.69 Å². The molecule has 0 radical (unpaired) electrons. The summed E-state index contributed by atoms with van der Waals surface area (Å²) in [6.07, 6.45) is 2.75. The van der Waals surface area contributed by atoms with E-state index in [4.69, 9.17) is 0 Å². The first-order valence-corrected chi connectivity index (χ1v) is 11.5. The molecule has 0 atom stereocenters. The second kappa shape index (κ2) is 8.78. The minimum absolute atomic E-state index is 0.0382. The summed E-state index contributed by atoms with van der Waals surface area (Å²) in [7, 11) is -3.55. The summed E-state index contributed by atoms with van der Waals surface area (Å²) in [5.74, 6) is -1.01. The molecule has 0 spiro atoms. The smallest absolute Gasteiger partial charge is 0.253 e. The third-order valence-corrected chi connectivity index (χ3v) is 6.61. The molecule has 3 rings (SSSR count). The fourth-order valence-corrected chi connectivity index (χ4v) is 4.72. The van der Waals surface area contributed by atoms with Gasteiger partial charge in [0.2, 0.25) is 5.91 Å². The summed E-state index contributed by atoms with van der Waals surface area (Å²) in [6.45, 7) is 3.70. The van der Waals surface area contributed by atoms with E-state index in [1.54, 1.807) is 36.4 Å². The van der Waals surface area contributed by atoms with E-state index in [-0.39, 0.29) is 29.0 Å². The van der Waals surface area contributed by atoms with Gasteiger partial charge in [0, 0.05) is 12.5 Å². The van der Waals surface area contributed by atoms with Gasteiger partial charge in [0.25, 0.3) is 5.91 Å². The lowest BCUT2D eigenvalue weighted by Gasteiger charge is -2.13. The van der Waals surface area contributed by atoms with Crippen LogP contribution in [-0.4, -0.2) is 32.0 Å². The Morgan fingerprint density at radius 1 is 1.03 bits per heavy atom. The van der Waals surface area contributed by atoms with E-state index in [0.717, 1.165) is 24.8 Å². The monoisotopic (exact) mass is 414 g/mol. The quantitative estimate of drug-likeness (QED) is 0.728. The maximum atomic E-state index is 12.6. The molecule has 0 saturated heterocycles. The third-order valence-electron chi connectivity index (χ3n) is 4.89. The predicted molar refractivity (Wildman–Crippen MR) is 113 cm³/mol. The van der Waals surface area contributed by atoms with Gasteiger partial charge in [-0.1, -0.05) is 18.2 Å². The molecule has 0 aliphatic heterocycles. The lowest BCUT2D eigenvalue weighted by atomic mass is 10.1. The molecule has 0 heterocycles. The number of para-hydroxylation sites is 1. The fourth-order valence-electron chi connectivity index (χ4n) is 3.43. The summed E-state index contributed by atoms with van der Waals surface area (Å²) in [6, 6.07) is 11.9. The maximum Gasteiger partial charge on any atom is 0.253 e. The van der Waals surface area contributed by atoms with Crippen LogP contribution in [0, 0.1) is 0 Å². The molecule has 0 unspecified atom stereocenters. The molecule has 7 heteroatoms. The zero-order valence-corrected chi connectivity index (χ0v) is 17.5. The van der Waals surface area contributed by atoms with Crippen LogP contribution in [0.15, 0.2) is 47.4 Å². The number of rotatable bonds is 7. The molecule has 2 N–H and O–H groups in total. The average molecular weight is 415 g/mol. The molecule has 0 saturated carbocycles. The van der Waals surface area contributed by atoms with Gasteiger partial charge >= 0.3 is 0 Å². The first kappa shape index (κ1) is 21.0. The third kappa shape index (κ3) is 5.23. The van der Waals surface area contributed by atoms with Gasteiger partial charge < -0.3 is 10.6 Å². The van der Waals surface area contributed by atoms with Gasteiger partial charge in [0.15, 0.2) is 9.84 Å². The Labute approximate surface area is 171 Å². The first-order valence-electron chi connectivity index (χ1n) is 9.80. The van der Waals surface area contributed by atoms with Crippen LogP contribution in [0.25, 0.3) is 0 Å². The Morgan fingerprint density at radius 3 is 2.52 bits per heavy atom. The topological polar surface area (TPSA) is 92.3 Å². The number of hydrogen-bond acceptors (Lipinski definition) is 4.